The first-order valence-corrected chi connectivity index (χ1v) is 10.5. The monoisotopic (exact) mass is 398 g/mol. The van der Waals surface area contributed by atoms with E-state index in [4.69, 9.17) is 14.2 Å². The number of rotatable bonds is 6. The fraction of sp³-hybridized carbons (Fsp3) is 0.500. The van der Waals surface area contributed by atoms with Gasteiger partial charge in [-0.25, -0.2) is 0 Å². The molecule has 0 unspecified atom stereocenters. The Hall–Kier alpha value is -1.92. The van der Waals surface area contributed by atoms with Gasteiger partial charge >= 0.3 is 0 Å². The molecule has 2 saturated heterocycles. The van der Waals surface area contributed by atoms with Crippen molar-refractivity contribution in [2.75, 3.05) is 19.8 Å². The summed E-state index contributed by atoms with van der Waals surface area (Å²) in [6.45, 7) is 3.50. The van der Waals surface area contributed by atoms with E-state index < -0.39 is 6.10 Å². The zero-order chi connectivity index (χ0) is 20.2. The van der Waals surface area contributed by atoms with Crippen LogP contribution in [0.5, 0.6) is 5.75 Å². The number of benzene rings is 2. The van der Waals surface area contributed by atoms with Crippen LogP contribution >= 0.6 is 0 Å². The second-order valence-corrected chi connectivity index (χ2v) is 8.16. The molecule has 4 atom stereocenters. The van der Waals surface area contributed by atoms with E-state index in [9.17, 15) is 10.2 Å². The first-order valence-electron chi connectivity index (χ1n) is 10.5. The quantitative estimate of drug-likeness (QED) is 0.781. The van der Waals surface area contributed by atoms with Crippen molar-refractivity contribution in [1.82, 2.24) is 0 Å². The number of aliphatic hydroxyl groups excluding tert-OH is 2. The van der Waals surface area contributed by atoms with Gasteiger partial charge in [0.1, 0.15) is 11.9 Å². The molecule has 0 bridgehead atoms. The molecule has 4 rings (SSSR count). The van der Waals surface area contributed by atoms with Crippen molar-refractivity contribution in [3.63, 3.8) is 0 Å². The lowest BCUT2D eigenvalue weighted by Gasteiger charge is -2.32. The summed E-state index contributed by atoms with van der Waals surface area (Å²) in [4.78, 5) is 0. The van der Waals surface area contributed by atoms with Gasteiger partial charge in [0.25, 0.3) is 0 Å². The predicted molar refractivity (Wildman–Crippen MR) is 110 cm³/mol. The number of ether oxygens (including phenoxy) is 3. The maximum Gasteiger partial charge on any atom is 0.124 e. The maximum absolute atomic E-state index is 10.1. The molecule has 0 aliphatic carbocycles. The van der Waals surface area contributed by atoms with Gasteiger partial charge in [0.2, 0.25) is 0 Å². The van der Waals surface area contributed by atoms with Crippen LogP contribution in [0, 0.1) is 6.92 Å². The Labute approximate surface area is 172 Å². The lowest BCUT2D eigenvalue weighted by molar-refractivity contribution is -0.113. The summed E-state index contributed by atoms with van der Waals surface area (Å²) in [5.74, 6) is 0.884. The fourth-order valence-corrected chi connectivity index (χ4v) is 4.11. The van der Waals surface area contributed by atoms with Gasteiger partial charge in [-0.2, -0.15) is 0 Å². The van der Waals surface area contributed by atoms with Crippen molar-refractivity contribution in [1.29, 1.82) is 0 Å². The molecule has 2 N–H and O–H groups in total. The van der Waals surface area contributed by atoms with Gasteiger partial charge in [-0.05, 0) is 47.7 Å². The van der Waals surface area contributed by atoms with Gasteiger partial charge in [0, 0.05) is 19.3 Å². The first-order chi connectivity index (χ1) is 14.1. The van der Waals surface area contributed by atoms with E-state index in [1.165, 1.54) is 16.7 Å². The Balaban J connectivity index is 1.45. The van der Waals surface area contributed by atoms with E-state index in [1.54, 1.807) is 0 Å². The van der Waals surface area contributed by atoms with Crippen LogP contribution < -0.4 is 4.74 Å². The van der Waals surface area contributed by atoms with E-state index in [0.29, 0.717) is 19.4 Å². The molecule has 156 valence electrons. The van der Waals surface area contributed by atoms with Gasteiger partial charge in [-0.1, -0.05) is 30.3 Å². The van der Waals surface area contributed by atoms with Crippen LogP contribution in [0.25, 0.3) is 0 Å². The molecule has 5 nitrogen and oxygen atoms in total. The Kier molecular flexibility index (Phi) is 6.50. The van der Waals surface area contributed by atoms with Gasteiger partial charge in [0.15, 0.2) is 0 Å². The minimum Gasteiger partial charge on any atom is -0.488 e. The Bertz CT molecular complexity index is 797. The molecule has 0 radical (unpaired) electrons. The molecule has 0 spiro atoms. The third-order valence-electron chi connectivity index (χ3n) is 5.84. The minimum absolute atomic E-state index is 0.0618. The summed E-state index contributed by atoms with van der Waals surface area (Å²) < 4.78 is 17.3. The van der Waals surface area contributed by atoms with Crippen molar-refractivity contribution < 1.29 is 24.4 Å². The highest BCUT2D eigenvalue weighted by Gasteiger charge is 2.29. The highest BCUT2D eigenvalue weighted by molar-refractivity contribution is 5.38. The topological polar surface area (TPSA) is 68.2 Å². The van der Waals surface area contributed by atoms with Crippen molar-refractivity contribution in [2.24, 2.45) is 0 Å². The maximum atomic E-state index is 10.1. The molecule has 0 aromatic heterocycles. The van der Waals surface area contributed by atoms with Crippen LogP contribution in [-0.2, 0) is 15.9 Å². The van der Waals surface area contributed by atoms with Crippen molar-refractivity contribution >= 4 is 0 Å². The molecule has 2 aromatic rings. The fourth-order valence-electron chi connectivity index (χ4n) is 4.11. The Morgan fingerprint density at radius 3 is 2.66 bits per heavy atom. The van der Waals surface area contributed by atoms with E-state index in [1.807, 2.05) is 12.1 Å². The third kappa shape index (κ3) is 5.17. The molecule has 5 heteroatoms. The zero-order valence-corrected chi connectivity index (χ0v) is 16.9. The summed E-state index contributed by atoms with van der Waals surface area (Å²) in [7, 11) is 0. The summed E-state index contributed by atoms with van der Waals surface area (Å²) >= 11 is 0. The molecule has 2 aliphatic rings. The molecule has 0 amide bonds. The molecule has 2 heterocycles. The standard InChI is InChI=1S/C24H30O5/c1-16-2-5-18(24-13-20(26)12-23(14-25)29-24)11-19(16)10-17-3-6-21(7-4-17)28-22-8-9-27-15-22/h2-7,11,20,22-26H,8-10,12-15H2,1H3/t20-,22-,23-,24+/m0/s1. The van der Waals surface area contributed by atoms with Crippen LogP contribution in [0.3, 0.4) is 0 Å². The average Bonchev–Trinajstić information content (AvgIpc) is 3.23. The van der Waals surface area contributed by atoms with Crippen molar-refractivity contribution in [2.45, 2.75) is 57.0 Å². The van der Waals surface area contributed by atoms with E-state index in [-0.39, 0.29) is 24.9 Å². The lowest BCUT2D eigenvalue weighted by Crippen LogP contribution is -2.33. The zero-order valence-electron chi connectivity index (χ0n) is 16.9. The largest absolute Gasteiger partial charge is 0.488 e. The number of hydrogen-bond donors (Lipinski definition) is 2. The SMILES string of the molecule is Cc1ccc([C@H]2C[C@@H](O)C[C@@H](CO)O2)cc1Cc1ccc(O[C@H]2CCOC2)cc1. The molecule has 2 fully saturated rings. The van der Waals surface area contributed by atoms with Gasteiger partial charge in [-0.15, -0.1) is 0 Å². The normalized spacial score (nSPS) is 27.1. The Morgan fingerprint density at radius 2 is 1.93 bits per heavy atom. The second-order valence-electron chi connectivity index (χ2n) is 8.16. The van der Waals surface area contributed by atoms with Crippen molar-refractivity contribution in [3.05, 3.63) is 64.7 Å². The van der Waals surface area contributed by atoms with Crippen LogP contribution in [0.1, 0.15) is 47.6 Å². The summed E-state index contributed by atoms with van der Waals surface area (Å²) in [5.41, 5.74) is 4.75. The van der Waals surface area contributed by atoms with Gasteiger partial charge in [-0.3, -0.25) is 0 Å². The number of aliphatic hydroxyl groups is 2. The van der Waals surface area contributed by atoms with E-state index in [0.717, 1.165) is 30.8 Å². The predicted octanol–water partition coefficient (Wildman–Crippen LogP) is 3.33. The molecule has 2 aromatic carbocycles. The van der Waals surface area contributed by atoms with Crippen molar-refractivity contribution in [3.8, 4) is 5.75 Å². The van der Waals surface area contributed by atoms with Gasteiger partial charge < -0.3 is 24.4 Å². The first kappa shape index (κ1) is 20.4. The molecular formula is C24H30O5. The van der Waals surface area contributed by atoms with Crippen LogP contribution in [0.2, 0.25) is 0 Å². The summed E-state index contributed by atoms with van der Waals surface area (Å²) in [5, 5.41) is 19.5. The van der Waals surface area contributed by atoms with E-state index >= 15 is 0 Å². The summed E-state index contributed by atoms with van der Waals surface area (Å²) in [6, 6.07) is 14.6. The number of hydrogen-bond acceptors (Lipinski definition) is 5. The minimum atomic E-state index is -0.437. The Morgan fingerprint density at radius 1 is 1.10 bits per heavy atom. The van der Waals surface area contributed by atoms with Crippen LogP contribution in [0.4, 0.5) is 0 Å². The second kappa shape index (κ2) is 9.26. The summed E-state index contributed by atoms with van der Waals surface area (Å²) in [6.07, 6.45) is 2.07. The highest BCUT2D eigenvalue weighted by Crippen LogP contribution is 2.33. The molecule has 0 saturated carbocycles. The van der Waals surface area contributed by atoms with Crippen LogP contribution in [0.15, 0.2) is 42.5 Å². The lowest BCUT2D eigenvalue weighted by atomic mass is 9.92. The average molecular weight is 398 g/mol. The van der Waals surface area contributed by atoms with E-state index in [2.05, 4.69) is 37.3 Å². The molecular weight excluding hydrogens is 368 g/mol. The molecule has 2 aliphatic heterocycles. The number of aryl methyl sites for hydroxylation is 1. The third-order valence-corrected chi connectivity index (χ3v) is 5.84. The van der Waals surface area contributed by atoms with Gasteiger partial charge in [0.05, 0.1) is 38.1 Å². The highest BCUT2D eigenvalue weighted by atomic mass is 16.5. The molecule has 29 heavy (non-hydrogen) atoms. The van der Waals surface area contributed by atoms with Crippen LogP contribution in [-0.4, -0.2) is 48.3 Å². The smallest absolute Gasteiger partial charge is 0.124 e.